The fourth-order valence-corrected chi connectivity index (χ4v) is 4.24. The van der Waals surface area contributed by atoms with Crippen LogP contribution in [0, 0.1) is 11.8 Å². The van der Waals surface area contributed by atoms with E-state index < -0.39 is 0 Å². The number of nitrogens with two attached hydrogens (primary N) is 1. The molecule has 3 N–H and O–H groups in total. The molecule has 23 heavy (non-hydrogen) atoms. The number of amides is 2. The van der Waals surface area contributed by atoms with Crippen molar-refractivity contribution >= 4 is 24.2 Å². The molecule has 1 heterocycles. The number of hydrogen-bond acceptors (Lipinski definition) is 3. The van der Waals surface area contributed by atoms with Gasteiger partial charge in [-0.1, -0.05) is 12.8 Å². The summed E-state index contributed by atoms with van der Waals surface area (Å²) in [5.41, 5.74) is 5.89. The summed E-state index contributed by atoms with van der Waals surface area (Å²) >= 11 is 0. The molecule has 2 aliphatic carbocycles. The van der Waals surface area contributed by atoms with Crippen LogP contribution in [0.5, 0.6) is 0 Å². The number of hydrogen-bond donors (Lipinski definition) is 2. The Labute approximate surface area is 145 Å². The van der Waals surface area contributed by atoms with Gasteiger partial charge < -0.3 is 16.0 Å². The highest BCUT2D eigenvalue weighted by Crippen LogP contribution is 2.29. The molecule has 2 saturated carbocycles. The second-order valence-corrected chi connectivity index (χ2v) is 7.37. The highest BCUT2D eigenvalue weighted by molar-refractivity contribution is 5.85. The summed E-state index contributed by atoms with van der Waals surface area (Å²) < 4.78 is 0. The Balaban J connectivity index is 0.00000192. The Morgan fingerprint density at radius 1 is 0.913 bits per heavy atom. The van der Waals surface area contributed by atoms with E-state index in [4.69, 9.17) is 5.73 Å². The molecule has 0 unspecified atom stereocenters. The number of carbonyl (C=O) groups is 2. The van der Waals surface area contributed by atoms with Gasteiger partial charge in [-0.15, -0.1) is 12.4 Å². The molecule has 6 heteroatoms. The van der Waals surface area contributed by atoms with E-state index in [1.807, 2.05) is 4.90 Å². The standard InChI is InChI=1S/C17H29N3O2.ClH/c18-14-9-10-20(11-14)17(22)13-5-7-15(8-6-13)19-16(21)12-3-1-2-4-12;/h12-15H,1-11,18H2,(H,19,21);1H/t13?,14-,15?;/m1./s1. The minimum Gasteiger partial charge on any atom is -0.353 e. The van der Waals surface area contributed by atoms with E-state index in [0.717, 1.165) is 58.0 Å². The number of nitrogens with one attached hydrogen (secondary N) is 1. The van der Waals surface area contributed by atoms with E-state index in [0.29, 0.717) is 0 Å². The molecule has 132 valence electrons. The molecule has 2 amide bonds. The van der Waals surface area contributed by atoms with Crippen molar-refractivity contribution in [3.8, 4) is 0 Å². The third-order valence-electron chi connectivity index (χ3n) is 5.69. The molecule has 0 spiro atoms. The van der Waals surface area contributed by atoms with E-state index in [1.54, 1.807) is 0 Å². The van der Waals surface area contributed by atoms with E-state index in [1.165, 1.54) is 12.8 Å². The third-order valence-corrected chi connectivity index (χ3v) is 5.69. The quantitative estimate of drug-likeness (QED) is 0.821. The van der Waals surface area contributed by atoms with Gasteiger partial charge in [-0.05, 0) is 44.9 Å². The normalized spacial score (nSPS) is 31.7. The zero-order valence-corrected chi connectivity index (χ0v) is 14.7. The van der Waals surface area contributed by atoms with Gasteiger partial charge in [0.1, 0.15) is 0 Å². The van der Waals surface area contributed by atoms with E-state index in [2.05, 4.69) is 5.32 Å². The molecule has 3 aliphatic rings. The van der Waals surface area contributed by atoms with Gasteiger partial charge >= 0.3 is 0 Å². The van der Waals surface area contributed by atoms with Crippen molar-refractivity contribution in [2.45, 2.75) is 69.9 Å². The maximum Gasteiger partial charge on any atom is 0.225 e. The Kier molecular flexibility index (Phi) is 6.72. The van der Waals surface area contributed by atoms with Gasteiger partial charge in [-0.2, -0.15) is 0 Å². The van der Waals surface area contributed by atoms with Crippen LogP contribution in [0.2, 0.25) is 0 Å². The Bertz CT molecular complexity index is 418. The van der Waals surface area contributed by atoms with Crippen LogP contribution < -0.4 is 11.1 Å². The molecule has 3 rings (SSSR count). The first-order valence-electron chi connectivity index (χ1n) is 8.98. The zero-order valence-electron chi connectivity index (χ0n) is 13.8. The number of nitrogens with zero attached hydrogens (tertiary/aromatic N) is 1. The highest BCUT2D eigenvalue weighted by atomic mass is 35.5. The fraction of sp³-hybridized carbons (Fsp3) is 0.882. The molecule has 0 bridgehead atoms. The van der Waals surface area contributed by atoms with Crippen molar-refractivity contribution in [2.24, 2.45) is 17.6 Å². The van der Waals surface area contributed by atoms with Gasteiger partial charge in [-0.3, -0.25) is 9.59 Å². The van der Waals surface area contributed by atoms with Crippen LogP contribution in [-0.2, 0) is 9.59 Å². The molecular formula is C17H30ClN3O2. The molecule has 1 aliphatic heterocycles. The Morgan fingerprint density at radius 3 is 2.13 bits per heavy atom. The summed E-state index contributed by atoms with van der Waals surface area (Å²) in [5, 5.41) is 3.21. The third kappa shape index (κ3) is 4.60. The molecule has 5 nitrogen and oxygen atoms in total. The second kappa shape index (κ2) is 8.34. The minimum atomic E-state index is 0. The van der Waals surface area contributed by atoms with Gasteiger partial charge in [0.2, 0.25) is 11.8 Å². The minimum absolute atomic E-state index is 0. The van der Waals surface area contributed by atoms with E-state index in [9.17, 15) is 9.59 Å². The van der Waals surface area contributed by atoms with Crippen LogP contribution in [0.25, 0.3) is 0 Å². The molecule has 3 fully saturated rings. The van der Waals surface area contributed by atoms with Crippen LogP contribution in [0.3, 0.4) is 0 Å². The Morgan fingerprint density at radius 2 is 1.57 bits per heavy atom. The molecule has 1 saturated heterocycles. The predicted molar refractivity (Wildman–Crippen MR) is 92.3 cm³/mol. The molecule has 0 aromatic carbocycles. The zero-order chi connectivity index (χ0) is 15.5. The maximum absolute atomic E-state index is 12.5. The van der Waals surface area contributed by atoms with Crippen molar-refractivity contribution < 1.29 is 9.59 Å². The topological polar surface area (TPSA) is 75.4 Å². The summed E-state index contributed by atoms with van der Waals surface area (Å²) in [5.74, 6) is 0.918. The van der Waals surface area contributed by atoms with Crippen molar-refractivity contribution in [3.05, 3.63) is 0 Å². The molecule has 0 radical (unpaired) electrons. The van der Waals surface area contributed by atoms with Crippen LogP contribution in [0.4, 0.5) is 0 Å². The van der Waals surface area contributed by atoms with Crippen LogP contribution in [0.1, 0.15) is 57.8 Å². The molecule has 0 aromatic heterocycles. The van der Waals surface area contributed by atoms with Crippen molar-refractivity contribution in [2.75, 3.05) is 13.1 Å². The monoisotopic (exact) mass is 343 g/mol. The smallest absolute Gasteiger partial charge is 0.225 e. The first-order valence-corrected chi connectivity index (χ1v) is 8.98. The van der Waals surface area contributed by atoms with Crippen LogP contribution in [-0.4, -0.2) is 41.9 Å². The lowest BCUT2D eigenvalue weighted by molar-refractivity contribution is -0.135. The molecule has 1 atom stereocenters. The van der Waals surface area contributed by atoms with Gasteiger partial charge in [0, 0.05) is 37.0 Å². The highest BCUT2D eigenvalue weighted by Gasteiger charge is 2.33. The molecular weight excluding hydrogens is 314 g/mol. The SMILES string of the molecule is Cl.N[C@@H]1CCN(C(=O)C2CCC(NC(=O)C3CCCC3)CC2)C1. The molecule has 0 aromatic rings. The van der Waals surface area contributed by atoms with E-state index in [-0.39, 0.29) is 48.1 Å². The van der Waals surface area contributed by atoms with Crippen molar-refractivity contribution in [3.63, 3.8) is 0 Å². The Hall–Kier alpha value is -0.810. The van der Waals surface area contributed by atoms with E-state index >= 15 is 0 Å². The second-order valence-electron chi connectivity index (χ2n) is 7.37. The lowest BCUT2D eigenvalue weighted by Gasteiger charge is -2.31. The number of carbonyl (C=O) groups excluding carboxylic acids is 2. The van der Waals surface area contributed by atoms with Gasteiger partial charge in [-0.25, -0.2) is 0 Å². The average molecular weight is 344 g/mol. The lowest BCUT2D eigenvalue weighted by atomic mass is 9.85. The van der Waals surface area contributed by atoms with Gasteiger partial charge in [0.05, 0.1) is 0 Å². The number of rotatable bonds is 3. The summed E-state index contributed by atoms with van der Waals surface area (Å²) in [4.78, 5) is 26.6. The van der Waals surface area contributed by atoms with Crippen molar-refractivity contribution in [1.29, 1.82) is 0 Å². The number of likely N-dealkylation sites (tertiary alicyclic amines) is 1. The first-order chi connectivity index (χ1) is 10.6. The largest absolute Gasteiger partial charge is 0.353 e. The maximum atomic E-state index is 12.5. The van der Waals surface area contributed by atoms with Crippen LogP contribution in [0.15, 0.2) is 0 Å². The van der Waals surface area contributed by atoms with Gasteiger partial charge in [0.25, 0.3) is 0 Å². The summed E-state index contributed by atoms with van der Waals surface area (Å²) in [6.45, 7) is 1.54. The first kappa shape index (κ1) is 18.5. The van der Waals surface area contributed by atoms with Gasteiger partial charge in [0.15, 0.2) is 0 Å². The van der Waals surface area contributed by atoms with Crippen LogP contribution >= 0.6 is 12.4 Å². The summed E-state index contributed by atoms with van der Waals surface area (Å²) in [6, 6.07) is 0.434. The fourth-order valence-electron chi connectivity index (χ4n) is 4.24. The average Bonchev–Trinajstić information content (AvgIpc) is 3.18. The lowest BCUT2D eigenvalue weighted by Crippen LogP contribution is -2.43. The van der Waals surface area contributed by atoms with Crippen molar-refractivity contribution in [1.82, 2.24) is 10.2 Å². The number of halogens is 1. The summed E-state index contributed by atoms with van der Waals surface area (Å²) in [7, 11) is 0. The summed E-state index contributed by atoms with van der Waals surface area (Å²) in [6.07, 6.45) is 9.10. The predicted octanol–water partition coefficient (Wildman–Crippen LogP) is 1.83.